The van der Waals surface area contributed by atoms with E-state index in [2.05, 4.69) is 118 Å². The highest BCUT2D eigenvalue weighted by Gasteiger charge is 2.19. The Bertz CT molecular complexity index is 1240. The molecule has 6 nitrogen and oxygen atoms in total. The van der Waals surface area contributed by atoms with Crippen LogP contribution in [-0.2, 0) is 28.6 Å². The van der Waals surface area contributed by atoms with Crippen LogP contribution in [0.4, 0.5) is 0 Å². The highest BCUT2D eigenvalue weighted by atomic mass is 16.6. The van der Waals surface area contributed by atoms with Gasteiger partial charge in [0.05, 0.1) is 0 Å². The molecule has 0 spiro atoms. The predicted octanol–water partition coefficient (Wildman–Crippen LogP) is 14.8. The maximum absolute atomic E-state index is 12.7. The predicted molar refractivity (Wildman–Crippen MR) is 247 cm³/mol. The molecule has 0 aromatic carbocycles. The van der Waals surface area contributed by atoms with Gasteiger partial charge in [-0.25, -0.2) is 0 Å². The Morgan fingerprint density at radius 2 is 0.707 bits per heavy atom. The summed E-state index contributed by atoms with van der Waals surface area (Å²) in [5.41, 5.74) is 0. The first-order valence-corrected chi connectivity index (χ1v) is 22.9. The molecule has 0 aliphatic rings. The van der Waals surface area contributed by atoms with Crippen molar-refractivity contribution < 1.29 is 28.6 Å². The first-order chi connectivity index (χ1) is 28.5. The van der Waals surface area contributed by atoms with Crippen LogP contribution in [0.1, 0.15) is 181 Å². The zero-order valence-electron chi connectivity index (χ0n) is 37.0. The number of hydrogen-bond donors (Lipinski definition) is 0. The van der Waals surface area contributed by atoms with E-state index in [1.807, 2.05) is 12.2 Å². The third-order valence-corrected chi connectivity index (χ3v) is 9.04. The standard InChI is InChI=1S/C52H82O6/c1-4-7-10-13-16-19-21-23-24-25-26-27-28-30-31-33-36-39-42-45-51(54)57-48-49(47-56-50(53)44-41-38-35-18-15-12-9-6-3)58-52(55)46-43-40-37-34-32-29-22-20-17-14-11-8-5-2/h7-8,10-11,16-17,19-20,23-24,26-27,29-32,36,39,49H,4-6,9,12-15,18,21-22,25,28,33-35,37-38,40-48H2,1-3H3/b10-7-,11-8-,19-16-,20-17-,24-23-,27-26-,31-30-,32-29-,39-36-. The smallest absolute Gasteiger partial charge is 0.306 e. The van der Waals surface area contributed by atoms with Crippen LogP contribution in [-0.4, -0.2) is 37.2 Å². The minimum Gasteiger partial charge on any atom is -0.462 e. The molecule has 326 valence electrons. The molecule has 6 heteroatoms. The van der Waals surface area contributed by atoms with Crippen LogP contribution in [0.2, 0.25) is 0 Å². The molecule has 0 N–H and O–H groups in total. The lowest BCUT2D eigenvalue weighted by molar-refractivity contribution is -0.166. The summed E-state index contributed by atoms with van der Waals surface area (Å²) in [4.78, 5) is 37.6. The van der Waals surface area contributed by atoms with Crippen molar-refractivity contribution in [2.45, 2.75) is 187 Å². The Morgan fingerprint density at radius 1 is 0.362 bits per heavy atom. The van der Waals surface area contributed by atoms with Gasteiger partial charge in [0.1, 0.15) is 13.2 Å². The Morgan fingerprint density at radius 3 is 1.16 bits per heavy atom. The van der Waals surface area contributed by atoms with Gasteiger partial charge in [0, 0.05) is 19.3 Å². The first kappa shape index (κ1) is 54.1. The fourth-order valence-electron chi connectivity index (χ4n) is 5.66. The fourth-order valence-corrected chi connectivity index (χ4v) is 5.66. The molecule has 0 heterocycles. The molecule has 1 atom stereocenters. The lowest BCUT2D eigenvalue weighted by atomic mass is 10.1. The van der Waals surface area contributed by atoms with Crippen LogP contribution >= 0.6 is 0 Å². The third kappa shape index (κ3) is 43.2. The van der Waals surface area contributed by atoms with Crippen molar-refractivity contribution in [3.05, 3.63) is 109 Å². The van der Waals surface area contributed by atoms with Gasteiger partial charge in [-0.1, -0.05) is 182 Å². The van der Waals surface area contributed by atoms with Crippen molar-refractivity contribution >= 4 is 17.9 Å². The average molecular weight is 803 g/mol. The second kappa shape index (κ2) is 45.8. The third-order valence-electron chi connectivity index (χ3n) is 9.04. The second-order valence-electron chi connectivity index (χ2n) is 14.5. The number of unbranched alkanes of at least 4 members (excludes halogenated alkanes) is 10. The van der Waals surface area contributed by atoms with Crippen LogP contribution in [0.15, 0.2) is 109 Å². The van der Waals surface area contributed by atoms with Crippen molar-refractivity contribution in [2.75, 3.05) is 13.2 Å². The molecule has 0 aromatic heterocycles. The molecule has 0 aliphatic carbocycles. The maximum Gasteiger partial charge on any atom is 0.306 e. The summed E-state index contributed by atoms with van der Waals surface area (Å²) in [7, 11) is 0. The van der Waals surface area contributed by atoms with Crippen LogP contribution in [0.5, 0.6) is 0 Å². The SMILES string of the molecule is CC/C=C\C/C=C\C/C=C\C/C=C\C/C=C\C/C=C\CCC(=O)OCC(COC(=O)CCCCCCCCCC)OC(=O)CCCCC/C=C\C/C=C\C/C=C\CC. The van der Waals surface area contributed by atoms with E-state index in [-0.39, 0.29) is 44.0 Å². The molecule has 0 aliphatic heterocycles. The Hall–Kier alpha value is -3.93. The van der Waals surface area contributed by atoms with E-state index >= 15 is 0 Å². The second-order valence-corrected chi connectivity index (χ2v) is 14.5. The van der Waals surface area contributed by atoms with E-state index in [1.54, 1.807) is 0 Å². The zero-order chi connectivity index (χ0) is 42.3. The van der Waals surface area contributed by atoms with Gasteiger partial charge in [-0.3, -0.25) is 14.4 Å². The van der Waals surface area contributed by atoms with Crippen LogP contribution in [0, 0.1) is 0 Å². The van der Waals surface area contributed by atoms with Gasteiger partial charge in [-0.05, 0) is 89.9 Å². The Kier molecular flexibility index (Phi) is 42.7. The van der Waals surface area contributed by atoms with E-state index in [1.165, 1.54) is 32.1 Å². The van der Waals surface area contributed by atoms with Gasteiger partial charge >= 0.3 is 17.9 Å². The summed E-state index contributed by atoms with van der Waals surface area (Å²) in [6, 6.07) is 0. The van der Waals surface area contributed by atoms with Crippen molar-refractivity contribution in [3.63, 3.8) is 0 Å². The van der Waals surface area contributed by atoms with Crippen LogP contribution in [0.3, 0.4) is 0 Å². The summed E-state index contributed by atoms with van der Waals surface area (Å²) in [5, 5.41) is 0. The van der Waals surface area contributed by atoms with Gasteiger partial charge in [0.2, 0.25) is 0 Å². The molecule has 1 unspecified atom stereocenters. The molecular weight excluding hydrogens is 721 g/mol. The number of hydrogen-bond acceptors (Lipinski definition) is 6. The summed E-state index contributed by atoms with van der Waals surface area (Å²) in [6.07, 6.45) is 60.9. The number of rotatable bonds is 39. The van der Waals surface area contributed by atoms with Crippen molar-refractivity contribution in [1.29, 1.82) is 0 Å². The van der Waals surface area contributed by atoms with E-state index < -0.39 is 6.10 Å². The fraction of sp³-hybridized carbons (Fsp3) is 0.596. The van der Waals surface area contributed by atoms with Crippen molar-refractivity contribution in [3.8, 4) is 0 Å². The van der Waals surface area contributed by atoms with Crippen LogP contribution in [0.25, 0.3) is 0 Å². The molecule has 0 amide bonds. The minimum atomic E-state index is -0.821. The van der Waals surface area contributed by atoms with Crippen molar-refractivity contribution in [1.82, 2.24) is 0 Å². The lowest BCUT2D eigenvalue weighted by Gasteiger charge is -2.18. The number of carbonyl (C=O) groups excluding carboxylic acids is 3. The van der Waals surface area contributed by atoms with E-state index in [4.69, 9.17) is 14.2 Å². The van der Waals surface area contributed by atoms with E-state index in [9.17, 15) is 14.4 Å². The van der Waals surface area contributed by atoms with Gasteiger partial charge < -0.3 is 14.2 Å². The summed E-state index contributed by atoms with van der Waals surface area (Å²) < 4.78 is 16.6. The molecule has 0 saturated heterocycles. The highest BCUT2D eigenvalue weighted by molar-refractivity contribution is 5.71. The molecule has 0 bridgehead atoms. The molecule has 0 radical (unpaired) electrons. The molecule has 0 saturated carbocycles. The highest BCUT2D eigenvalue weighted by Crippen LogP contribution is 2.12. The normalized spacial score (nSPS) is 13.1. The van der Waals surface area contributed by atoms with E-state index in [0.717, 1.165) is 96.3 Å². The number of carbonyl (C=O) groups is 3. The Labute approximate surface area is 355 Å². The summed E-state index contributed by atoms with van der Waals surface area (Å²) >= 11 is 0. The van der Waals surface area contributed by atoms with Gasteiger partial charge in [-0.2, -0.15) is 0 Å². The maximum atomic E-state index is 12.7. The molecule has 0 fully saturated rings. The van der Waals surface area contributed by atoms with Crippen molar-refractivity contribution in [2.24, 2.45) is 0 Å². The zero-order valence-corrected chi connectivity index (χ0v) is 37.0. The minimum absolute atomic E-state index is 0.115. The van der Waals surface area contributed by atoms with Crippen LogP contribution < -0.4 is 0 Å². The molecule has 58 heavy (non-hydrogen) atoms. The monoisotopic (exact) mass is 803 g/mol. The molecule has 0 rings (SSSR count). The first-order valence-electron chi connectivity index (χ1n) is 22.9. The quantitative estimate of drug-likeness (QED) is 0.0267. The number of esters is 3. The summed E-state index contributed by atoms with van der Waals surface area (Å²) in [6.45, 7) is 6.25. The number of ether oxygens (including phenoxy) is 3. The lowest BCUT2D eigenvalue weighted by Crippen LogP contribution is -2.30. The van der Waals surface area contributed by atoms with Gasteiger partial charge in [-0.15, -0.1) is 0 Å². The molecule has 0 aromatic rings. The van der Waals surface area contributed by atoms with Gasteiger partial charge in [0.25, 0.3) is 0 Å². The van der Waals surface area contributed by atoms with E-state index in [0.29, 0.717) is 19.3 Å². The Balaban J connectivity index is 4.51. The largest absolute Gasteiger partial charge is 0.462 e. The number of allylic oxidation sites excluding steroid dienone is 18. The topological polar surface area (TPSA) is 78.9 Å². The summed E-state index contributed by atoms with van der Waals surface area (Å²) in [5.74, 6) is -1.05. The average Bonchev–Trinajstić information content (AvgIpc) is 3.22. The van der Waals surface area contributed by atoms with Gasteiger partial charge in [0.15, 0.2) is 6.10 Å². The molecular formula is C52H82O6.